The lowest BCUT2D eigenvalue weighted by molar-refractivity contribution is 1.30. The summed E-state index contributed by atoms with van der Waals surface area (Å²) in [6, 6.07) is 43.2. The first-order chi connectivity index (χ1) is 16.3. The molecule has 0 bridgehead atoms. The second kappa shape index (κ2) is 8.51. The van der Waals surface area contributed by atoms with E-state index in [1.54, 1.807) is 0 Å². The summed E-state index contributed by atoms with van der Waals surface area (Å²) < 4.78 is 3.69. The summed E-state index contributed by atoms with van der Waals surface area (Å²) in [5, 5.41) is 2.60. The fourth-order valence-corrected chi connectivity index (χ4v) is 5.78. The van der Waals surface area contributed by atoms with Crippen LogP contribution in [0.2, 0.25) is 0 Å². The first-order valence-electron chi connectivity index (χ1n) is 10.9. The van der Waals surface area contributed by atoms with Gasteiger partial charge in [-0.1, -0.05) is 82.7 Å². The van der Waals surface area contributed by atoms with Crippen LogP contribution in [-0.2, 0) is 0 Å². The van der Waals surface area contributed by atoms with Crippen molar-refractivity contribution in [3.8, 4) is 11.1 Å². The molecule has 0 saturated carbocycles. The van der Waals surface area contributed by atoms with Gasteiger partial charge in [0.25, 0.3) is 0 Å². The van der Waals surface area contributed by atoms with Gasteiger partial charge in [0.05, 0.1) is 5.69 Å². The van der Waals surface area contributed by atoms with E-state index < -0.39 is 0 Å². The molecular weight excluding hydrogens is 486 g/mol. The van der Waals surface area contributed by atoms with Crippen molar-refractivity contribution in [1.82, 2.24) is 0 Å². The molecule has 0 amide bonds. The number of fused-ring (bicyclic) bond motifs is 3. The molecule has 0 spiro atoms. The van der Waals surface area contributed by atoms with Crippen LogP contribution in [0.15, 0.2) is 126 Å². The first-order valence-corrected chi connectivity index (χ1v) is 12.5. The third kappa shape index (κ3) is 3.74. The van der Waals surface area contributed by atoms with Crippen LogP contribution < -0.4 is 4.90 Å². The molecule has 0 atom stereocenters. The molecule has 33 heavy (non-hydrogen) atoms. The molecule has 0 N–H and O–H groups in total. The zero-order chi connectivity index (χ0) is 22.2. The minimum absolute atomic E-state index is 1.07. The average molecular weight is 506 g/mol. The highest BCUT2D eigenvalue weighted by Gasteiger charge is 2.18. The number of halogens is 1. The molecule has 5 aromatic carbocycles. The Morgan fingerprint density at radius 2 is 1.12 bits per heavy atom. The van der Waals surface area contributed by atoms with Gasteiger partial charge in [-0.05, 0) is 65.7 Å². The monoisotopic (exact) mass is 505 g/mol. The van der Waals surface area contributed by atoms with E-state index in [2.05, 4.69) is 142 Å². The van der Waals surface area contributed by atoms with Gasteiger partial charge >= 0.3 is 0 Å². The van der Waals surface area contributed by atoms with E-state index in [1.807, 2.05) is 11.3 Å². The molecule has 1 nitrogen and oxygen atoms in total. The molecule has 0 aliphatic rings. The first kappa shape index (κ1) is 20.2. The van der Waals surface area contributed by atoms with Gasteiger partial charge in [0, 0.05) is 36.0 Å². The normalized spacial score (nSPS) is 11.2. The maximum absolute atomic E-state index is 3.59. The molecule has 0 unspecified atom stereocenters. The van der Waals surface area contributed by atoms with Gasteiger partial charge in [-0.25, -0.2) is 0 Å². The molecular formula is C30H20BrNS. The van der Waals surface area contributed by atoms with E-state index in [-0.39, 0.29) is 0 Å². The highest BCUT2D eigenvalue weighted by atomic mass is 79.9. The fourth-order valence-electron chi connectivity index (χ4n) is 4.39. The van der Waals surface area contributed by atoms with Crippen LogP contribution in [0.25, 0.3) is 31.3 Å². The number of hydrogen-bond donors (Lipinski definition) is 0. The summed E-state index contributed by atoms with van der Waals surface area (Å²) in [7, 11) is 0. The molecule has 1 aromatic heterocycles. The topological polar surface area (TPSA) is 3.24 Å². The summed E-state index contributed by atoms with van der Waals surface area (Å²) >= 11 is 5.44. The van der Waals surface area contributed by atoms with Crippen molar-refractivity contribution in [2.45, 2.75) is 0 Å². The second-order valence-electron chi connectivity index (χ2n) is 7.97. The molecule has 6 aromatic rings. The van der Waals surface area contributed by atoms with Crippen LogP contribution in [0.1, 0.15) is 0 Å². The van der Waals surface area contributed by atoms with E-state index in [0.29, 0.717) is 0 Å². The molecule has 0 aliphatic heterocycles. The largest absolute Gasteiger partial charge is 0.310 e. The molecule has 0 radical (unpaired) electrons. The Morgan fingerprint density at radius 3 is 1.88 bits per heavy atom. The Labute approximate surface area is 205 Å². The zero-order valence-electron chi connectivity index (χ0n) is 17.8. The number of rotatable bonds is 4. The van der Waals surface area contributed by atoms with E-state index in [0.717, 1.165) is 15.8 Å². The highest BCUT2D eigenvalue weighted by Crippen LogP contribution is 2.44. The Kier molecular flexibility index (Phi) is 5.21. The Hall–Kier alpha value is -3.40. The van der Waals surface area contributed by atoms with Crippen molar-refractivity contribution in [1.29, 1.82) is 0 Å². The lowest BCUT2D eigenvalue weighted by Crippen LogP contribution is -2.10. The van der Waals surface area contributed by atoms with Crippen molar-refractivity contribution in [2.24, 2.45) is 0 Å². The molecule has 0 saturated heterocycles. The lowest BCUT2D eigenvalue weighted by Gasteiger charge is -2.26. The third-order valence-electron chi connectivity index (χ3n) is 5.94. The lowest BCUT2D eigenvalue weighted by atomic mass is 10.0. The number of benzene rings is 5. The molecule has 158 valence electrons. The van der Waals surface area contributed by atoms with Crippen molar-refractivity contribution < 1.29 is 0 Å². The van der Waals surface area contributed by atoms with Gasteiger partial charge in [-0.15, -0.1) is 11.3 Å². The highest BCUT2D eigenvalue weighted by molar-refractivity contribution is 9.10. The molecule has 1 heterocycles. The van der Waals surface area contributed by atoms with Gasteiger partial charge in [-0.3, -0.25) is 0 Å². The summed E-state index contributed by atoms with van der Waals surface area (Å²) in [5.74, 6) is 0. The minimum atomic E-state index is 1.07. The Bertz CT molecular complexity index is 1550. The zero-order valence-corrected chi connectivity index (χ0v) is 20.2. The molecule has 0 aliphatic carbocycles. The SMILES string of the molecule is Brc1ccc(N(c2ccc(-c3ccccc3)cc2)c2cccc3sc4ccccc4c23)cc1. The van der Waals surface area contributed by atoms with E-state index in [9.17, 15) is 0 Å². The fraction of sp³-hybridized carbons (Fsp3) is 0. The van der Waals surface area contributed by atoms with Crippen LogP contribution >= 0.6 is 27.3 Å². The smallest absolute Gasteiger partial charge is 0.0554 e. The Morgan fingerprint density at radius 1 is 0.515 bits per heavy atom. The predicted octanol–water partition coefficient (Wildman–Crippen LogP) is 9.95. The van der Waals surface area contributed by atoms with Gasteiger partial charge < -0.3 is 4.90 Å². The number of hydrogen-bond acceptors (Lipinski definition) is 2. The standard InChI is InChI=1S/C30H20BrNS/c31-23-15-19-25(20-16-23)32(24-17-13-22(14-18-24)21-7-2-1-3-8-21)27-10-6-12-29-30(27)26-9-4-5-11-28(26)33-29/h1-20H. The van der Waals surface area contributed by atoms with Crippen molar-refractivity contribution in [3.63, 3.8) is 0 Å². The minimum Gasteiger partial charge on any atom is -0.310 e. The van der Waals surface area contributed by atoms with Crippen molar-refractivity contribution in [2.75, 3.05) is 4.90 Å². The van der Waals surface area contributed by atoms with Crippen molar-refractivity contribution >= 4 is 64.5 Å². The number of nitrogens with zero attached hydrogens (tertiary/aromatic N) is 1. The van der Waals surface area contributed by atoms with Crippen LogP contribution in [0.5, 0.6) is 0 Å². The van der Waals surface area contributed by atoms with E-state index in [1.165, 1.54) is 37.0 Å². The van der Waals surface area contributed by atoms with Crippen LogP contribution in [-0.4, -0.2) is 0 Å². The average Bonchev–Trinajstić information content (AvgIpc) is 3.26. The number of thiophene rings is 1. The van der Waals surface area contributed by atoms with Gasteiger partial charge in [0.2, 0.25) is 0 Å². The van der Waals surface area contributed by atoms with Crippen molar-refractivity contribution in [3.05, 3.63) is 126 Å². The molecule has 3 heteroatoms. The summed E-state index contributed by atoms with van der Waals surface area (Å²) in [5.41, 5.74) is 5.91. The van der Waals surface area contributed by atoms with Gasteiger partial charge in [0.15, 0.2) is 0 Å². The maximum Gasteiger partial charge on any atom is 0.0554 e. The van der Waals surface area contributed by atoms with Crippen LogP contribution in [0.3, 0.4) is 0 Å². The molecule has 0 fully saturated rings. The quantitative estimate of drug-likeness (QED) is 0.230. The van der Waals surface area contributed by atoms with Crippen LogP contribution in [0.4, 0.5) is 17.1 Å². The summed E-state index contributed by atoms with van der Waals surface area (Å²) in [4.78, 5) is 2.36. The number of anilines is 3. The predicted molar refractivity (Wildman–Crippen MR) is 147 cm³/mol. The van der Waals surface area contributed by atoms with Crippen LogP contribution in [0, 0.1) is 0 Å². The Balaban J connectivity index is 1.56. The summed E-state index contributed by atoms with van der Waals surface area (Å²) in [6.07, 6.45) is 0. The second-order valence-corrected chi connectivity index (χ2v) is 9.97. The molecule has 6 rings (SSSR count). The third-order valence-corrected chi connectivity index (χ3v) is 7.60. The summed E-state index contributed by atoms with van der Waals surface area (Å²) in [6.45, 7) is 0. The van der Waals surface area contributed by atoms with E-state index >= 15 is 0 Å². The van der Waals surface area contributed by atoms with Gasteiger partial charge in [-0.2, -0.15) is 0 Å². The van der Waals surface area contributed by atoms with E-state index in [4.69, 9.17) is 0 Å². The van der Waals surface area contributed by atoms with Gasteiger partial charge in [0.1, 0.15) is 0 Å². The maximum atomic E-state index is 3.59.